The first-order valence-corrected chi connectivity index (χ1v) is 6.63. The summed E-state index contributed by atoms with van der Waals surface area (Å²) in [4.78, 5) is 22.0. The topological polar surface area (TPSA) is 99.3 Å². The molecule has 0 saturated heterocycles. The Hall–Kier alpha value is -2.97. The number of nitro groups is 1. The minimum Gasteiger partial charge on any atom is -0.465 e. The number of halogens is 1. The predicted octanol–water partition coefficient (Wildman–Crippen LogP) is 2.17. The van der Waals surface area contributed by atoms with Gasteiger partial charge in [0.15, 0.2) is 0 Å². The van der Waals surface area contributed by atoms with Crippen LogP contribution in [0.2, 0.25) is 0 Å². The summed E-state index contributed by atoms with van der Waals surface area (Å²) in [6.07, 6.45) is 0. The molecule has 2 aromatic rings. The summed E-state index contributed by atoms with van der Waals surface area (Å²) < 4.78 is 19.8. The van der Waals surface area contributed by atoms with Crippen molar-refractivity contribution in [2.75, 3.05) is 12.4 Å². The second kappa shape index (κ2) is 6.42. The van der Waals surface area contributed by atoms with Crippen molar-refractivity contribution in [3.05, 3.63) is 51.0 Å². The maximum Gasteiger partial charge on any atom is 0.337 e. The Bertz CT molecular complexity index is 772. The Balaban J connectivity index is 2.28. The fourth-order valence-electron chi connectivity index (χ4n) is 2.20. The largest absolute Gasteiger partial charge is 0.465 e. The molecule has 1 aromatic heterocycles. The molecule has 0 amide bonds. The molecule has 0 aliphatic carbocycles. The van der Waals surface area contributed by atoms with Gasteiger partial charge in [0.05, 0.1) is 17.6 Å². The fraction of sp³-hybridized carbons (Fsp3) is 0.286. The van der Waals surface area contributed by atoms with Crippen LogP contribution >= 0.6 is 0 Å². The van der Waals surface area contributed by atoms with Gasteiger partial charge in [0, 0.05) is 19.2 Å². The van der Waals surface area contributed by atoms with E-state index in [0.717, 1.165) is 6.07 Å². The maximum absolute atomic E-state index is 13.9. The van der Waals surface area contributed by atoms with Crippen molar-refractivity contribution in [3.63, 3.8) is 0 Å². The smallest absolute Gasteiger partial charge is 0.337 e. The van der Waals surface area contributed by atoms with E-state index in [4.69, 9.17) is 0 Å². The second-order valence-electron chi connectivity index (χ2n) is 4.81. The zero-order chi connectivity index (χ0) is 17.1. The molecule has 1 aromatic carbocycles. The van der Waals surface area contributed by atoms with E-state index in [1.54, 1.807) is 7.05 Å². The lowest BCUT2D eigenvalue weighted by atomic mass is 10.1. The molecule has 0 spiro atoms. The van der Waals surface area contributed by atoms with E-state index in [0.29, 0.717) is 0 Å². The number of carbonyl (C=O) groups excluding carboxylic acids is 1. The number of nitrogens with zero attached hydrogens (tertiary/aromatic N) is 3. The van der Waals surface area contributed by atoms with Gasteiger partial charge in [0.1, 0.15) is 11.5 Å². The first-order valence-electron chi connectivity index (χ1n) is 6.63. The van der Waals surface area contributed by atoms with Gasteiger partial charge in [-0.3, -0.25) is 10.1 Å². The predicted molar refractivity (Wildman–Crippen MR) is 79.7 cm³/mol. The second-order valence-corrected chi connectivity index (χ2v) is 4.81. The third-order valence-electron chi connectivity index (χ3n) is 3.29. The van der Waals surface area contributed by atoms with Crippen molar-refractivity contribution in [1.82, 2.24) is 9.78 Å². The summed E-state index contributed by atoms with van der Waals surface area (Å²) in [5.41, 5.74) is 0.461. The number of carbonyl (C=O) groups is 1. The quantitative estimate of drug-likeness (QED) is 0.514. The highest BCUT2D eigenvalue weighted by Gasteiger charge is 2.24. The molecular weight excluding hydrogens is 307 g/mol. The monoisotopic (exact) mass is 322 g/mol. The van der Waals surface area contributed by atoms with E-state index in [1.807, 2.05) is 0 Å². The van der Waals surface area contributed by atoms with Crippen LogP contribution in [0.1, 0.15) is 21.6 Å². The molecule has 1 N–H and O–H groups in total. The number of aromatic nitrogens is 2. The van der Waals surface area contributed by atoms with Crippen molar-refractivity contribution in [1.29, 1.82) is 0 Å². The van der Waals surface area contributed by atoms with Crippen LogP contribution in [0.5, 0.6) is 0 Å². The van der Waals surface area contributed by atoms with E-state index in [1.165, 1.54) is 30.8 Å². The Morgan fingerprint density at radius 2 is 2.22 bits per heavy atom. The number of aryl methyl sites for hydroxylation is 2. The highest BCUT2D eigenvalue weighted by molar-refractivity contribution is 5.89. The minimum atomic E-state index is -0.589. The van der Waals surface area contributed by atoms with Gasteiger partial charge < -0.3 is 10.1 Å². The highest BCUT2D eigenvalue weighted by Crippen LogP contribution is 2.28. The molecule has 0 unspecified atom stereocenters. The van der Waals surface area contributed by atoms with Gasteiger partial charge in [-0.1, -0.05) is 0 Å². The first kappa shape index (κ1) is 16.4. The minimum absolute atomic E-state index is 0.0452. The van der Waals surface area contributed by atoms with E-state index in [-0.39, 0.29) is 34.9 Å². The fourth-order valence-corrected chi connectivity index (χ4v) is 2.20. The Kier molecular flexibility index (Phi) is 4.58. The van der Waals surface area contributed by atoms with E-state index < -0.39 is 16.7 Å². The molecule has 0 radical (unpaired) electrons. The van der Waals surface area contributed by atoms with Crippen LogP contribution in [0.25, 0.3) is 0 Å². The number of benzene rings is 1. The number of esters is 1. The standard InChI is InChI=1S/C14H15FN4O4/c1-8-12(19(21)22)13(18(2)17-8)16-7-10-6-9(14(20)23-3)4-5-11(10)15/h4-6,16H,7H2,1-3H3. The van der Waals surface area contributed by atoms with Crippen LogP contribution in [0.3, 0.4) is 0 Å². The molecule has 0 aliphatic heterocycles. The van der Waals surface area contributed by atoms with E-state index in [9.17, 15) is 19.3 Å². The number of hydrogen-bond donors (Lipinski definition) is 1. The maximum atomic E-state index is 13.9. The third kappa shape index (κ3) is 3.28. The van der Waals surface area contributed by atoms with Gasteiger partial charge in [-0.25, -0.2) is 13.9 Å². The van der Waals surface area contributed by atoms with Crippen molar-refractivity contribution in [2.45, 2.75) is 13.5 Å². The highest BCUT2D eigenvalue weighted by atomic mass is 19.1. The van der Waals surface area contributed by atoms with Crippen LogP contribution in [0.15, 0.2) is 18.2 Å². The lowest BCUT2D eigenvalue weighted by molar-refractivity contribution is -0.384. The SMILES string of the molecule is COC(=O)c1ccc(F)c(CNc2c([N+](=O)[O-])c(C)nn2C)c1. The Labute approximate surface area is 131 Å². The molecule has 1 heterocycles. The molecule has 8 nitrogen and oxygen atoms in total. The van der Waals surface area contributed by atoms with Crippen LogP contribution < -0.4 is 5.32 Å². The average Bonchev–Trinajstić information content (AvgIpc) is 2.79. The number of rotatable bonds is 5. The molecule has 0 atom stereocenters. The normalized spacial score (nSPS) is 10.4. The van der Waals surface area contributed by atoms with Crippen molar-refractivity contribution >= 4 is 17.5 Å². The number of hydrogen-bond acceptors (Lipinski definition) is 6. The Morgan fingerprint density at radius 3 is 2.83 bits per heavy atom. The summed E-state index contributed by atoms with van der Waals surface area (Å²) in [6, 6.07) is 3.79. The van der Waals surface area contributed by atoms with Crippen LogP contribution in [0.4, 0.5) is 15.9 Å². The van der Waals surface area contributed by atoms with Gasteiger partial charge in [-0.2, -0.15) is 5.10 Å². The molecule has 0 fully saturated rings. The van der Waals surface area contributed by atoms with Crippen molar-refractivity contribution in [2.24, 2.45) is 7.05 Å². The third-order valence-corrected chi connectivity index (χ3v) is 3.29. The summed E-state index contributed by atoms with van der Waals surface area (Å²) in [6.45, 7) is 1.47. The molecule has 9 heteroatoms. The molecular formula is C14H15FN4O4. The van der Waals surface area contributed by atoms with Crippen LogP contribution in [0, 0.1) is 22.9 Å². The molecule has 23 heavy (non-hydrogen) atoms. The van der Waals surface area contributed by atoms with Crippen molar-refractivity contribution in [3.8, 4) is 0 Å². The average molecular weight is 322 g/mol. The summed E-state index contributed by atoms with van der Waals surface area (Å²) in [5.74, 6) is -0.962. The lowest BCUT2D eigenvalue weighted by Gasteiger charge is -2.08. The van der Waals surface area contributed by atoms with Crippen molar-refractivity contribution < 1.29 is 18.8 Å². The number of nitrogens with one attached hydrogen (secondary N) is 1. The summed E-state index contributed by atoms with van der Waals surface area (Å²) in [5, 5.41) is 17.9. The van der Waals surface area contributed by atoms with Crippen LogP contribution in [-0.2, 0) is 18.3 Å². The Morgan fingerprint density at radius 1 is 1.52 bits per heavy atom. The van der Waals surface area contributed by atoms with E-state index in [2.05, 4.69) is 15.2 Å². The molecule has 0 saturated carbocycles. The zero-order valence-electron chi connectivity index (χ0n) is 12.8. The lowest BCUT2D eigenvalue weighted by Crippen LogP contribution is -2.09. The van der Waals surface area contributed by atoms with Gasteiger partial charge in [-0.15, -0.1) is 0 Å². The number of methoxy groups -OCH3 is 1. The number of anilines is 1. The molecule has 0 aliphatic rings. The van der Waals surface area contributed by atoms with Gasteiger partial charge in [-0.05, 0) is 25.1 Å². The van der Waals surface area contributed by atoms with Gasteiger partial charge >= 0.3 is 11.7 Å². The molecule has 0 bridgehead atoms. The van der Waals surface area contributed by atoms with Gasteiger partial charge in [0.2, 0.25) is 5.82 Å². The summed E-state index contributed by atoms with van der Waals surface area (Å²) in [7, 11) is 2.77. The van der Waals surface area contributed by atoms with E-state index >= 15 is 0 Å². The molecule has 2 rings (SSSR count). The molecule has 122 valence electrons. The van der Waals surface area contributed by atoms with Gasteiger partial charge in [0.25, 0.3) is 0 Å². The van der Waals surface area contributed by atoms with Crippen LogP contribution in [-0.4, -0.2) is 27.8 Å². The number of ether oxygens (including phenoxy) is 1. The zero-order valence-corrected chi connectivity index (χ0v) is 12.8. The first-order chi connectivity index (χ1) is 10.8. The summed E-state index contributed by atoms with van der Waals surface area (Å²) >= 11 is 0.